The molecular weight excluding hydrogens is 433 g/mol. The normalized spacial score (nSPS) is 17.8. The SMILES string of the molecule is Fc1ccc2c(c1)nc(C(F)F)n2-c1cc(N2CCOCC2)nc(NCC2CCCCC2)n1. The highest BCUT2D eigenvalue weighted by atomic mass is 19.3. The monoisotopic (exact) mass is 460 g/mol. The Hall–Kier alpha value is -2.88. The molecule has 1 aliphatic carbocycles. The fourth-order valence-electron chi connectivity index (χ4n) is 4.66. The minimum Gasteiger partial charge on any atom is -0.378 e. The van der Waals surface area contributed by atoms with E-state index in [-0.39, 0.29) is 11.3 Å². The molecule has 33 heavy (non-hydrogen) atoms. The summed E-state index contributed by atoms with van der Waals surface area (Å²) in [5, 5.41) is 3.34. The summed E-state index contributed by atoms with van der Waals surface area (Å²) < 4.78 is 48.4. The van der Waals surface area contributed by atoms with E-state index in [0.717, 1.165) is 25.5 Å². The zero-order chi connectivity index (χ0) is 22.8. The molecule has 1 aromatic carbocycles. The zero-order valence-corrected chi connectivity index (χ0v) is 18.3. The van der Waals surface area contributed by atoms with Gasteiger partial charge in [0, 0.05) is 31.8 Å². The Balaban J connectivity index is 1.56. The van der Waals surface area contributed by atoms with Gasteiger partial charge in [0.15, 0.2) is 5.82 Å². The van der Waals surface area contributed by atoms with E-state index in [1.807, 2.05) is 0 Å². The van der Waals surface area contributed by atoms with Crippen molar-refractivity contribution in [2.75, 3.05) is 43.1 Å². The van der Waals surface area contributed by atoms with E-state index in [1.165, 1.54) is 36.0 Å². The predicted molar refractivity (Wildman–Crippen MR) is 120 cm³/mol. The maximum absolute atomic E-state index is 13.9. The van der Waals surface area contributed by atoms with Crippen LogP contribution in [-0.4, -0.2) is 52.4 Å². The second kappa shape index (κ2) is 9.54. The summed E-state index contributed by atoms with van der Waals surface area (Å²) >= 11 is 0. The number of ether oxygens (including phenoxy) is 1. The van der Waals surface area contributed by atoms with Gasteiger partial charge in [-0.25, -0.2) is 18.2 Å². The van der Waals surface area contributed by atoms with Gasteiger partial charge >= 0.3 is 0 Å². The van der Waals surface area contributed by atoms with Gasteiger partial charge in [-0.3, -0.25) is 4.57 Å². The maximum Gasteiger partial charge on any atom is 0.296 e. The number of alkyl halides is 2. The van der Waals surface area contributed by atoms with Crippen molar-refractivity contribution in [3.05, 3.63) is 35.9 Å². The number of morpholine rings is 1. The van der Waals surface area contributed by atoms with E-state index in [9.17, 15) is 13.2 Å². The van der Waals surface area contributed by atoms with Gasteiger partial charge in [-0.1, -0.05) is 19.3 Å². The summed E-state index contributed by atoms with van der Waals surface area (Å²) in [4.78, 5) is 15.3. The van der Waals surface area contributed by atoms with Crippen molar-refractivity contribution in [3.63, 3.8) is 0 Å². The van der Waals surface area contributed by atoms with Gasteiger partial charge in [-0.2, -0.15) is 9.97 Å². The van der Waals surface area contributed by atoms with Crippen molar-refractivity contribution in [1.82, 2.24) is 19.5 Å². The molecule has 0 atom stereocenters. The Bertz CT molecular complexity index is 1110. The molecule has 0 bridgehead atoms. The molecule has 0 spiro atoms. The number of nitrogens with zero attached hydrogens (tertiary/aromatic N) is 5. The number of aromatic nitrogens is 4. The fourth-order valence-corrected chi connectivity index (χ4v) is 4.66. The van der Waals surface area contributed by atoms with Gasteiger partial charge < -0.3 is 15.0 Å². The number of imidazole rings is 1. The van der Waals surface area contributed by atoms with Crippen molar-refractivity contribution in [2.24, 2.45) is 5.92 Å². The topological polar surface area (TPSA) is 68.1 Å². The number of anilines is 2. The highest BCUT2D eigenvalue weighted by Gasteiger charge is 2.24. The quantitative estimate of drug-likeness (QED) is 0.574. The maximum atomic E-state index is 13.9. The lowest BCUT2D eigenvalue weighted by molar-refractivity contribution is 0.122. The Morgan fingerprint density at radius 1 is 1.00 bits per heavy atom. The van der Waals surface area contributed by atoms with Crippen molar-refractivity contribution in [2.45, 2.75) is 38.5 Å². The first-order chi connectivity index (χ1) is 16.1. The number of fused-ring (bicyclic) bond motifs is 1. The van der Waals surface area contributed by atoms with Gasteiger partial charge in [0.2, 0.25) is 5.95 Å². The second-order valence-corrected chi connectivity index (χ2v) is 8.63. The minimum absolute atomic E-state index is 0.161. The van der Waals surface area contributed by atoms with Gasteiger partial charge in [-0.15, -0.1) is 0 Å². The summed E-state index contributed by atoms with van der Waals surface area (Å²) in [6, 6.07) is 5.54. The van der Waals surface area contributed by atoms with Crippen LogP contribution < -0.4 is 10.2 Å². The molecule has 1 aliphatic heterocycles. The standard InChI is InChI=1S/C23H27F3N6O/c24-16-6-7-18-17(12-16)28-22(21(25)26)32(18)20-13-19(31-8-10-33-11-9-31)29-23(30-20)27-14-15-4-2-1-3-5-15/h6-7,12-13,15,21H,1-5,8-11,14H2,(H,27,29,30). The Morgan fingerprint density at radius 3 is 2.52 bits per heavy atom. The third kappa shape index (κ3) is 4.75. The molecule has 2 aromatic heterocycles. The second-order valence-electron chi connectivity index (χ2n) is 8.63. The number of rotatable bonds is 6. The molecule has 0 radical (unpaired) electrons. The van der Waals surface area contributed by atoms with Gasteiger partial charge in [0.25, 0.3) is 6.43 Å². The molecule has 3 aromatic rings. The molecule has 0 unspecified atom stereocenters. The first-order valence-electron chi connectivity index (χ1n) is 11.5. The average molecular weight is 461 g/mol. The molecule has 3 heterocycles. The number of nitrogens with one attached hydrogen (secondary N) is 1. The lowest BCUT2D eigenvalue weighted by Crippen LogP contribution is -2.37. The molecule has 2 fully saturated rings. The molecule has 1 N–H and O–H groups in total. The zero-order valence-electron chi connectivity index (χ0n) is 18.3. The molecular formula is C23H27F3N6O. The van der Waals surface area contributed by atoms with E-state index >= 15 is 0 Å². The van der Waals surface area contributed by atoms with Crippen LogP contribution in [0.15, 0.2) is 24.3 Å². The summed E-state index contributed by atoms with van der Waals surface area (Å²) in [6.07, 6.45) is 3.20. The van der Waals surface area contributed by atoms with E-state index < -0.39 is 18.1 Å². The van der Waals surface area contributed by atoms with Crippen LogP contribution >= 0.6 is 0 Å². The Kier molecular flexibility index (Phi) is 6.34. The average Bonchev–Trinajstić information content (AvgIpc) is 3.23. The van der Waals surface area contributed by atoms with Gasteiger partial charge in [0.1, 0.15) is 17.5 Å². The van der Waals surface area contributed by atoms with Crippen molar-refractivity contribution < 1.29 is 17.9 Å². The summed E-state index contributed by atoms with van der Waals surface area (Å²) in [5.74, 6) is 0.857. The number of halogens is 3. The number of benzene rings is 1. The largest absolute Gasteiger partial charge is 0.378 e. The third-order valence-corrected chi connectivity index (χ3v) is 6.37. The molecule has 176 valence electrons. The number of hydrogen-bond donors (Lipinski definition) is 1. The van der Waals surface area contributed by atoms with E-state index in [2.05, 4.69) is 25.2 Å². The van der Waals surface area contributed by atoms with Crippen LogP contribution in [0.3, 0.4) is 0 Å². The summed E-state index contributed by atoms with van der Waals surface area (Å²) in [6.45, 7) is 3.18. The molecule has 10 heteroatoms. The van der Waals surface area contributed by atoms with Gasteiger partial charge in [-0.05, 0) is 30.9 Å². The minimum atomic E-state index is -2.85. The molecule has 2 aliphatic rings. The lowest BCUT2D eigenvalue weighted by Gasteiger charge is -2.28. The Labute approximate surface area is 190 Å². The fraction of sp³-hybridized carbons (Fsp3) is 0.522. The molecule has 0 amide bonds. The smallest absolute Gasteiger partial charge is 0.296 e. The molecule has 5 rings (SSSR count). The van der Waals surface area contributed by atoms with Gasteiger partial charge in [0.05, 0.1) is 24.2 Å². The highest BCUT2D eigenvalue weighted by molar-refractivity contribution is 5.78. The van der Waals surface area contributed by atoms with Crippen LogP contribution in [0, 0.1) is 11.7 Å². The first-order valence-corrected chi connectivity index (χ1v) is 11.5. The van der Waals surface area contributed by atoms with E-state index in [0.29, 0.717) is 49.5 Å². The third-order valence-electron chi connectivity index (χ3n) is 6.37. The van der Waals surface area contributed by atoms with Crippen molar-refractivity contribution in [3.8, 4) is 5.82 Å². The van der Waals surface area contributed by atoms with Crippen LogP contribution in [0.4, 0.5) is 24.9 Å². The summed E-state index contributed by atoms with van der Waals surface area (Å²) in [5.41, 5.74) is 0.533. The van der Waals surface area contributed by atoms with Crippen LogP contribution in [0.2, 0.25) is 0 Å². The van der Waals surface area contributed by atoms with Crippen molar-refractivity contribution >= 4 is 22.8 Å². The van der Waals surface area contributed by atoms with Crippen LogP contribution in [0.5, 0.6) is 0 Å². The van der Waals surface area contributed by atoms with Crippen LogP contribution in [0.1, 0.15) is 44.4 Å². The van der Waals surface area contributed by atoms with Crippen LogP contribution in [-0.2, 0) is 4.74 Å². The molecule has 7 nitrogen and oxygen atoms in total. The molecule has 1 saturated carbocycles. The van der Waals surface area contributed by atoms with Crippen LogP contribution in [0.25, 0.3) is 16.9 Å². The first kappa shape index (κ1) is 21.9. The predicted octanol–water partition coefficient (Wildman–Crippen LogP) is 4.72. The number of hydrogen-bond acceptors (Lipinski definition) is 6. The highest BCUT2D eigenvalue weighted by Crippen LogP contribution is 2.30. The van der Waals surface area contributed by atoms with E-state index in [4.69, 9.17) is 4.74 Å². The van der Waals surface area contributed by atoms with Crippen molar-refractivity contribution in [1.29, 1.82) is 0 Å². The Morgan fingerprint density at radius 2 is 1.76 bits per heavy atom. The summed E-state index contributed by atoms with van der Waals surface area (Å²) in [7, 11) is 0. The lowest BCUT2D eigenvalue weighted by atomic mass is 9.89. The van der Waals surface area contributed by atoms with E-state index in [1.54, 1.807) is 6.07 Å². The molecule has 1 saturated heterocycles.